The lowest BCUT2D eigenvalue weighted by molar-refractivity contribution is 0.459. The second kappa shape index (κ2) is 8.99. The Morgan fingerprint density at radius 1 is 0.645 bits per heavy atom. The van der Waals surface area contributed by atoms with Gasteiger partial charge >= 0.3 is 0 Å². The largest absolute Gasteiger partial charge is 0.356 e. The summed E-state index contributed by atoms with van der Waals surface area (Å²) in [5.41, 5.74) is 7.85. The molecule has 1 aromatic heterocycles. The number of aromatic nitrogens is 1. The number of fused-ring (bicyclic) bond motifs is 1. The number of nitrogens with one attached hydrogen (secondary N) is 1. The predicted molar refractivity (Wildman–Crippen MR) is 127 cm³/mol. The molecule has 0 aliphatic rings. The maximum Gasteiger partial charge on any atom is 0.167 e. The van der Waals surface area contributed by atoms with Crippen molar-refractivity contribution in [3.05, 3.63) is 114 Å². The van der Waals surface area contributed by atoms with Gasteiger partial charge in [-0.25, -0.2) is 0 Å². The molecule has 0 amide bonds. The zero-order chi connectivity index (χ0) is 20.9. The van der Waals surface area contributed by atoms with Gasteiger partial charge in [-0.1, -0.05) is 96.2 Å². The normalized spacial score (nSPS) is 11.1. The third-order valence-electron chi connectivity index (χ3n) is 5.61. The molecule has 31 heavy (non-hydrogen) atoms. The Hall–Kier alpha value is -3.69. The van der Waals surface area contributed by atoms with Gasteiger partial charge in [0, 0.05) is 17.5 Å². The third-order valence-corrected chi connectivity index (χ3v) is 5.61. The molecule has 3 nitrogen and oxygen atoms in total. The lowest BCUT2D eigenvalue weighted by Gasteiger charge is -2.13. The number of nitrogens with zero attached hydrogens (tertiary/aromatic N) is 1. The molecule has 0 spiro atoms. The molecule has 1 heterocycles. The summed E-state index contributed by atoms with van der Waals surface area (Å²) in [5.74, 6) is 0. The Kier molecular flexibility index (Phi) is 5.59. The van der Waals surface area contributed by atoms with Crippen molar-refractivity contribution in [1.29, 1.82) is 0 Å². The van der Waals surface area contributed by atoms with Gasteiger partial charge in [0.1, 0.15) is 5.69 Å². The molecule has 0 unspecified atom stereocenters. The first-order chi connectivity index (χ1) is 15.4. The van der Waals surface area contributed by atoms with Crippen LogP contribution < -0.4 is 5.32 Å². The summed E-state index contributed by atoms with van der Waals surface area (Å²) in [4.78, 5) is 0. The maximum absolute atomic E-state index is 5.59. The highest BCUT2D eigenvalue weighted by Crippen LogP contribution is 2.36. The second-order valence-corrected chi connectivity index (χ2v) is 7.64. The number of rotatable bonds is 7. The molecule has 0 atom stereocenters. The topological polar surface area (TPSA) is 38.1 Å². The number of hydrogen-bond acceptors (Lipinski definition) is 3. The molecule has 0 fully saturated rings. The maximum atomic E-state index is 5.59. The first kappa shape index (κ1) is 19.3. The minimum atomic E-state index is 0.811. The highest BCUT2D eigenvalue weighted by molar-refractivity contribution is 5.96. The fraction of sp³-hybridized carbons (Fsp3) is 0.107. The first-order valence-corrected chi connectivity index (χ1v) is 10.7. The van der Waals surface area contributed by atoms with Crippen LogP contribution in [-0.4, -0.2) is 11.7 Å². The Morgan fingerprint density at radius 3 is 2.19 bits per heavy atom. The fourth-order valence-electron chi connectivity index (χ4n) is 4.06. The van der Waals surface area contributed by atoms with E-state index < -0.39 is 0 Å². The molecule has 0 aliphatic heterocycles. The summed E-state index contributed by atoms with van der Waals surface area (Å²) >= 11 is 0. The molecule has 0 bridgehead atoms. The molecular weight excluding hydrogens is 380 g/mol. The second-order valence-electron chi connectivity index (χ2n) is 7.64. The average Bonchev–Trinajstić information content (AvgIpc) is 3.27. The summed E-state index contributed by atoms with van der Waals surface area (Å²) in [6.45, 7) is 1.80. The molecule has 0 saturated heterocycles. The van der Waals surface area contributed by atoms with Crippen LogP contribution >= 0.6 is 0 Å². The van der Waals surface area contributed by atoms with Gasteiger partial charge in [-0.2, -0.15) is 0 Å². The van der Waals surface area contributed by atoms with E-state index in [4.69, 9.17) is 4.52 Å². The van der Waals surface area contributed by atoms with Crippen molar-refractivity contribution in [1.82, 2.24) is 10.5 Å². The van der Waals surface area contributed by atoms with E-state index in [1.54, 1.807) is 0 Å². The first-order valence-electron chi connectivity index (χ1n) is 10.7. The highest BCUT2D eigenvalue weighted by atomic mass is 16.5. The van der Waals surface area contributed by atoms with E-state index in [9.17, 15) is 0 Å². The monoisotopic (exact) mass is 404 g/mol. The van der Waals surface area contributed by atoms with Crippen LogP contribution in [0.5, 0.6) is 0 Å². The highest BCUT2D eigenvalue weighted by Gasteiger charge is 2.16. The molecule has 0 radical (unpaired) electrons. The van der Waals surface area contributed by atoms with Gasteiger partial charge in [0.2, 0.25) is 0 Å². The van der Waals surface area contributed by atoms with Gasteiger partial charge in [-0.3, -0.25) is 0 Å². The van der Waals surface area contributed by atoms with Crippen LogP contribution in [0.15, 0.2) is 108 Å². The zero-order valence-electron chi connectivity index (χ0n) is 17.3. The zero-order valence-corrected chi connectivity index (χ0v) is 17.3. The van der Waals surface area contributed by atoms with E-state index in [0.717, 1.165) is 41.7 Å². The standard InChI is InChI=1S/C28H24N2O/c1-2-10-21(11-3-1)20-29-19-18-22-12-4-5-13-23(22)24-14-6-7-15-25(24)28-26-16-8-9-17-27(26)31-30-28/h1-17,29H,18-20H2. The molecule has 5 rings (SSSR count). The quantitative estimate of drug-likeness (QED) is 0.315. The van der Waals surface area contributed by atoms with Crippen molar-refractivity contribution in [3.8, 4) is 22.4 Å². The summed E-state index contributed by atoms with van der Waals surface area (Å²) in [7, 11) is 0. The number of benzene rings is 4. The minimum Gasteiger partial charge on any atom is -0.356 e. The fourth-order valence-corrected chi connectivity index (χ4v) is 4.06. The summed E-state index contributed by atoms with van der Waals surface area (Å²) in [5, 5.41) is 9.01. The Bertz CT molecular complexity index is 1290. The van der Waals surface area contributed by atoms with E-state index in [1.807, 2.05) is 18.2 Å². The number of hydrogen-bond donors (Lipinski definition) is 1. The van der Waals surface area contributed by atoms with Crippen molar-refractivity contribution in [2.45, 2.75) is 13.0 Å². The van der Waals surface area contributed by atoms with Gasteiger partial charge in [0.15, 0.2) is 5.58 Å². The smallest absolute Gasteiger partial charge is 0.167 e. The Balaban J connectivity index is 1.43. The minimum absolute atomic E-state index is 0.811. The molecular formula is C28H24N2O. The van der Waals surface area contributed by atoms with Crippen LogP contribution in [0.4, 0.5) is 0 Å². The summed E-state index contributed by atoms with van der Waals surface area (Å²) in [6.07, 6.45) is 0.955. The van der Waals surface area contributed by atoms with Gasteiger partial charge in [-0.05, 0) is 47.4 Å². The van der Waals surface area contributed by atoms with Crippen LogP contribution in [-0.2, 0) is 13.0 Å². The molecule has 5 aromatic rings. The van der Waals surface area contributed by atoms with Crippen molar-refractivity contribution in [2.24, 2.45) is 0 Å². The van der Waals surface area contributed by atoms with Crippen LogP contribution in [0, 0.1) is 0 Å². The molecule has 4 aromatic carbocycles. The van der Waals surface area contributed by atoms with Gasteiger partial charge < -0.3 is 9.84 Å². The molecule has 1 N–H and O–H groups in total. The van der Waals surface area contributed by atoms with Crippen molar-refractivity contribution in [2.75, 3.05) is 6.54 Å². The van der Waals surface area contributed by atoms with E-state index >= 15 is 0 Å². The molecule has 0 saturated carbocycles. The lowest BCUT2D eigenvalue weighted by atomic mass is 9.92. The third kappa shape index (κ3) is 4.14. The molecule has 0 aliphatic carbocycles. The van der Waals surface area contributed by atoms with Crippen molar-refractivity contribution >= 4 is 11.0 Å². The van der Waals surface area contributed by atoms with Crippen molar-refractivity contribution in [3.63, 3.8) is 0 Å². The predicted octanol–water partition coefficient (Wildman–Crippen LogP) is 6.49. The average molecular weight is 405 g/mol. The van der Waals surface area contributed by atoms with Crippen LogP contribution in [0.1, 0.15) is 11.1 Å². The van der Waals surface area contributed by atoms with E-state index in [0.29, 0.717) is 0 Å². The Morgan fingerprint density at radius 2 is 1.32 bits per heavy atom. The van der Waals surface area contributed by atoms with Crippen LogP contribution in [0.2, 0.25) is 0 Å². The molecule has 3 heteroatoms. The summed E-state index contributed by atoms with van der Waals surface area (Å²) in [6, 6.07) is 35.6. The van der Waals surface area contributed by atoms with Crippen LogP contribution in [0.25, 0.3) is 33.4 Å². The van der Waals surface area contributed by atoms with Crippen LogP contribution in [0.3, 0.4) is 0 Å². The van der Waals surface area contributed by atoms with Gasteiger partial charge in [-0.15, -0.1) is 0 Å². The number of para-hydroxylation sites is 1. The SMILES string of the molecule is c1ccc(CNCCc2ccccc2-c2ccccc2-c2noc3ccccc23)cc1. The van der Waals surface area contributed by atoms with E-state index in [1.165, 1.54) is 22.3 Å². The van der Waals surface area contributed by atoms with E-state index in [2.05, 4.69) is 95.4 Å². The van der Waals surface area contributed by atoms with E-state index in [-0.39, 0.29) is 0 Å². The van der Waals surface area contributed by atoms with Gasteiger partial charge in [0.05, 0.1) is 0 Å². The lowest BCUT2D eigenvalue weighted by Crippen LogP contribution is -2.16. The Labute approximate surface area is 182 Å². The van der Waals surface area contributed by atoms with Crippen molar-refractivity contribution < 1.29 is 4.52 Å². The van der Waals surface area contributed by atoms with Gasteiger partial charge in [0.25, 0.3) is 0 Å². The summed E-state index contributed by atoms with van der Waals surface area (Å²) < 4.78 is 5.59. The molecule has 152 valence electrons.